The quantitative estimate of drug-likeness (QED) is 0.639. The van der Waals surface area contributed by atoms with E-state index in [1.807, 2.05) is 71.3 Å². The van der Waals surface area contributed by atoms with Crippen LogP contribution in [-0.4, -0.2) is 42.9 Å². The summed E-state index contributed by atoms with van der Waals surface area (Å²) in [5.41, 5.74) is 4.98. The van der Waals surface area contributed by atoms with E-state index in [0.717, 1.165) is 35.2 Å². The van der Waals surface area contributed by atoms with E-state index in [2.05, 4.69) is 4.90 Å². The van der Waals surface area contributed by atoms with Crippen LogP contribution in [0.2, 0.25) is 0 Å². The van der Waals surface area contributed by atoms with Gasteiger partial charge < -0.3 is 14.2 Å². The second-order valence-corrected chi connectivity index (χ2v) is 8.58. The average Bonchev–Trinajstić information content (AvgIpc) is 2.97. The standard InChI is InChI=1S/C25H28N2O3/c1-15-7-9-18(10-8-15)22-21-23(28)19-13-16(2)17(3)14-20(19)30-24(21)25(29)27(22)12-6-11-26(4)5/h7-10,13-14,22H,6,11-12H2,1-5H3/t22-/m0/s1. The van der Waals surface area contributed by atoms with Gasteiger partial charge in [-0.25, -0.2) is 0 Å². The Labute approximate surface area is 176 Å². The van der Waals surface area contributed by atoms with Crippen LogP contribution in [0.15, 0.2) is 45.6 Å². The first kappa shape index (κ1) is 20.4. The molecule has 0 aliphatic carbocycles. The third-order valence-corrected chi connectivity index (χ3v) is 5.98. The van der Waals surface area contributed by atoms with E-state index in [0.29, 0.717) is 23.1 Å². The van der Waals surface area contributed by atoms with Crippen molar-refractivity contribution in [3.05, 3.63) is 80.2 Å². The zero-order valence-corrected chi connectivity index (χ0v) is 18.3. The van der Waals surface area contributed by atoms with Crippen LogP contribution in [0.1, 0.15) is 50.8 Å². The van der Waals surface area contributed by atoms with Gasteiger partial charge in [-0.1, -0.05) is 29.8 Å². The Morgan fingerprint density at radius 2 is 1.67 bits per heavy atom. The fourth-order valence-corrected chi connectivity index (χ4v) is 4.16. The van der Waals surface area contributed by atoms with Gasteiger partial charge in [-0.2, -0.15) is 0 Å². The van der Waals surface area contributed by atoms with Crippen LogP contribution >= 0.6 is 0 Å². The van der Waals surface area contributed by atoms with Gasteiger partial charge in [0.25, 0.3) is 5.91 Å². The summed E-state index contributed by atoms with van der Waals surface area (Å²) >= 11 is 0. The molecule has 30 heavy (non-hydrogen) atoms. The maximum atomic E-state index is 13.6. The molecular formula is C25H28N2O3. The van der Waals surface area contributed by atoms with Crippen molar-refractivity contribution < 1.29 is 9.21 Å². The van der Waals surface area contributed by atoms with Crippen molar-refractivity contribution in [3.8, 4) is 0 Å². The van der Waals surface area contributed by atoms with Gasteiger partial charge in [0.2, 0.25) is 5.76 Å². The molecular weight excluding hydrogens is 376 g/mol. The van der Waals surface area contributed by atoms with Gasteiger partial charge in [-0.15, -0.1) is 0 Å². The molecule has 1 amide bonds. The van der Waals surface area contributed by atoms with Gasteiger partial charge >= 0.3 is 0 Å². The van der Waals surface area contributed by atoms with E-state index < -0.39 is 6.04 Å². The smallest absolute Gasteiger partial charge is 0.290 e. The lowest BCUT2D eigenvalue weighted by molar-refractivity contribution is 0.0722. The molecule has 0 unspecified atom stereocenters. The minimum absolute atomic E-state index is 0.108. The van der Waals surface area contributed by atoms with E-state index in [1.165, 1.54) is 0 Å². The topological polar surface area (TPSA) is 53.8 Å². The molecule has 0 saturated carbocycles. The third kappa shape index (κ3) is 3.43. The van der Waals surface area contributed by atoms with E-state index in [1.54, 1.807) is 4.90 Å². The Morgan fingerprint density at radius 3 is 2.33 bits per heavy atom. The predicted octanol–water partition coefficient (Wildman–Crippen LogP) is 4.22. The maximum Gasteiger partial charge on any atom is 0.290 e. The first-order chi connectivity index (χ1) is 14.3. The number of hydrogen-bond acceptors (Lipinski definition) is 4. The number of carbonyl (C=O) groups is 1. The van der Waals surface area contributed by atoms with E-state index in [-0.39, 0.29) is 17.1 Å². The molecule has 1 aliphatic heterocycles. The maximum absolute atomic E-state index is 13.6. The van der Waals surface area contributed by atoms with E-state index >= 15 is 0 Å². The molecule has 2 aromatic carbocycles. The molecule has 4 rings (SSSR count). The lowest BCUT2D eigenvalue weighted by Crippen LogP contribution is -2.32. The largest absolute Gasteiger partial charge is 0.450 e. The Bertz CT molecular complexity index is 1180. The number of amides is 1. The first-order valence-electron chi connectivity index (χ1n) is 10.4. The van der Waals surface area contributed by atoms with Crippen molar-refractivity contribution >= 4 is 16.9 Å². The molecule has 0 N–H and O–H groups in total. The zero-order chi connectivity index (χ0) is 21.6. The molecule has 0 bridgehead atoms. The number of hydrogen-bond donors (Lipinski definition) is 0. The molecule has 156 valence electrons. The van der Waals surface area contributed by atoms with Crippen LogP contribution in [-0.2, 0) is 0 Å². The van der Waals surface area contributed by atoms with Crippen LogP contribution < -0.4 is 5.43 Å². The Kier molecular flexibility index (Phi) is 5.24. The first-order valence-corrected chi connectivity index (χ1v) is 10.4. The highest BCUT2D eigenvalue weighted by Crippen LogP contribution is 2.38. The molecule has 3 aromatic rings. The minimum atomic E-state index is -0.419. The number of fused-ring (bicyclic) bond motifs is 2. The van der Waals surface area contributed by atoms with E-state index in [9.17, 15) is 9.59 Å². The molecule has 1 aromatic heterocycles. The highest BCUT2D eigenvalue weighted by atomic mass is 16.3. The Hall–Kier alpha value is -2.92. The third-order valence-electron chi connectivity index (χ3n) is 5.98. The minimum Gasteiger partial charge on any atom is -0.450 e. The SMILES string of the molecule is Cc1ccc([C@H]2c3c(oc4cc(C)c(C)cc4c3=O)C(=O)N2CCCN(C)C)cc1. The zero-order valence-electron chi connectivity index (χ0n) is 18.3. The van der Waals surface area contributed by atoms with Crippen molar-refractivity contribution in [3.63, 3.8) is 0 Å². The van der Waals surface area contributed by atoms with Gasteiger partial charge in [0.1, 0.15) is 5.58 Å². The molecule has 5 nitrogen and oxygen atoms in total. The number of carbonyl (C=O) groups excluding carboxylic acids is 1. The van der Waals surface area contributed by atoms with E-state index in [4.69, 9.17) is 4.42 Å². The Morgan fingerprint density at radius 1 is 1.00 bits per heavy atom. The number of aryl methyl sites for hydroxylation is 3. The number of nitrogens with zero attached hydrogens (tertiary/aromatic N) is 2. The summed E-state index contributed by atoms with van der Waals surface area (Å²) in [6.07, 6.45) is 0.820. The summed E-state index contributed by atoms with van der Waals surface area (Å²) in [6, 6.07) is 11.4. The van der Waals surface area contributed by atoms with Crippen LogP contribution in [0, 0.1) is 20.8 Å². The van der Waals surface area contributed by atoms with Crippen molar-refractivity contribution in [2.45, 2.75) is 33.2 Å². The number of benzene rings is 2. The normalized spacial score (nSPS) is 16.0. The van der Waals surface area contributed by atoms with Gasteiger partial charge in [0, 0.05) is 6.54 Å². The second-order valence-electron chi connectivity index (χ2n) is 8.58. The molecule has 0 fully saturated rings. The number of rotatable bonds is 5. The monoisotopic (exact) mass is 404 g/mol. The van der Waals surface area contributed by atoms with Crippen LogP contribution in [0.25, 0.3) is 11.0 Å². The fraction of sp³-hybridized carbons (Fsp3) is 0.360. The second kappa shape index (κ2) is 7.73. The van der Waals surface area contributed by atoms with Gasteiger partial charge in [0.15, 0.2) is 5.43 Å². The summed E-state index contributed by atoms with van der Waals surface area (Å²) < 4.78 is 6.06. The fourth-order valence-electron chi connectivity index (χ4n) is 4.16. The summed E-state index contributed by atoms with van der Waals surface area (Å²) in [5, 5.41) is 0.539. The average molecular weight is 405 g/mol. The van der Waals surface area contributed by atoms with Gasteiger partial charge in [-0.05, 0) is 76.7 Å². The van der Waals surface area contributed by atoms with Gasteiger partial charge in [0.05, 0.1) is 17.0 Å². The molecule has 0 saturated heterocycles. The molecule has 0 radical (unpaired) electrons. The summed E-state index contributed by atoms with van der Waals surface area (Å²) in [4.78, 5) is 30.8. The van der Waals surface area contributed by atoms with Crippen molar-refractivity contribution in [1.29, 1.82) is 0 Å². The highest BCUT2D eigenvalue weighted by molar-refractivity contribution is 5.99. The summed E-state index contributed by atoms with van der Waals surface area (Å²) in [5.74, 6) is -0.0160. The molecule has 2 heterocycles. The predicted molar refractivity (Wildman–Crippen MR) is 119 cm³/mol. The molecule has 0 spiro atoms. The van der Waals surface area contributed by atoms with Crippen molar-refractivity contribution in [1.82, 2.24) is 9.80 Å². The molecule has 1 aliphatic rings. The summed E-state index contributed by atoms with van der Waals surface area (Å²) in [7, 11) is 4.03. The lowest BCUT2D eigenvalue weighted by atomic mass is 9.97. The van der Waals surface area contributed by atoms with Crippen molar-refractivity contribution in [2.75, 3.05) is 27.2 Å². The van der Waals surface area contributed by atoms with Crippen molar-refractivity contribution in [2.24, 2.45) is 0 Å². The Balaban J connectivity index is 1.90. The van der Waals surface area contributed by atoms with Crippen LogP contribution in [0.5, 0.6) is 0 Å². The van der Waals surface area contributed by atoms with Crippen LogP contribution in [0.3, 0.4) is 0 Å². The lowest BCUT2D eigenvalue weighted by Gasteiger charge is -2.25. The summed E-state index contributed by atoms with van der Waals surface area (Å²) in [6.45, 7) is 7.42. The van der Waals surface area contributed by atoms with Gasteiger partial charge in [-0.3, -0.25) is 9.59 Å². The molecule has 1 atom stereocenters. The molecule has 5 heteroatoms. The van der Waals surface area contributed by atoms with Crippen LogP contribution in [0.4, 0.5) is 0 Å². The highest BCUT2D eigenvalue weighted by Gasteiger charge is 2.42.